The first kappa shape index (κ1) is 19.4. The maximum atomic E-state index is 5.94. The van der Waals surface area contributed by atoms with Crippen LogP contribution in [-0.2, 0) is 16.0 Å². The number of hydrogen-bond donors (Lipinski definition) is 2. The van der Waals surface area contributed by atoms with E-state index in [-0.39, 0.29) is 0 Å². The molecule has 8 heteroatoms. The number of guanidine groups is 1. The highest BCUT2D eigenvalue weighted by Crippen LogP contribution is 2.15. The van der Waals surface area contributed by atoms with E-state index in [4.69, 9.17) is 19.9 Å². The van der Waals surface area contributed by atoms with Gasteiger partial charge in [-0.2, -0.15) is 0 Å². The molecule has 0 atom stereocenters. The summed E-state index contributed by atoms with van der Waals surface area (Å²) < 4.78 is 15.9. The van der Waals surface area contributed by atoms with Gasteiger partial charge in [0.05, 0.1) is 26.4 Å². The minimum atomic E-state index is 0.429. The average Bonchev–Trinajstić information content (AvgIpc) is 2.65. The molecule has 140 valence electrons. The van der Waals surface area contributed by atoms with Crippen molar-refractivity contribution in [3.05, 3.63) is 23.9 Å². The zero-order valence-corrected chi connectivity index (χ0v) is 14.9. The minimum absolute atomic E-state index is 0.429. The fourth-order valence-electron chi connectivity index (χ4n) is 2.47. The van der Waals surface area contributed by atoms with Crippen LogP contribution in [0.3, 0.4) is 0 Å². The summed E-state index contributed by atoms with van der Waals surface area (Å²) in [5.74, 6) is 1.01. The Hall–Kier alpha value is -1.90. The van der Waals surface area contributed by atoms with Gasteiger partial charge in [0.2, 0.25) is 5.88 Å². The molecule has 3 N–H and O–H groups in total. The first-order chi connectivity index (χ1) is 12.3. The highest BCUT2D eigenvalue weighted by molar-refractivity contribution is 5.77. The van der Waals surface area contributed by atoms with Gasteiger partial charge in [-0.25, -0.2) is 9.98 Å². The van der Waals surface area contributed by atoms with Gasteiger partial charge < -0.3 is 25.3 Å². The second-order valence-electron chi connectivity index (χ2n) is 5.74. The summed E-state index contributed by atoms with van der Waals surface area (Å²) in [6.45, 7) is 6.94. The Morgan fingerprint density at radius 2 is 2.24 bits per heavy atom. The lowest BCUT2D eigenvalue weighted by Crippen LogP contribution is -2.39. The van der Waals surface area contributed by atoms with Crippen LogP contribution in [-0.4, -0.2) is 75.6 Å². The molecule has 0 aliphatic carbocycles. The van der Waals surface area contributed by atoms with Gasteiger partial charge in [-0.15, -0.1) is 0 Å². The van der Waals surface area contributed by atoms with Crippen LogP contribution in [0.1, 0.15) is 12.0 Å². The predicted octanol–water partition coefficient (Wildman–Crippen LogP) is 0.233. The molecule has 2 heterocycles. The molecule has 0 radical (unpaired) electrons. The van der Waals surface area contributed by atoms with E-state index in [2.05, 4.69) is 20.2 Å². The van der Waals surface area contributed by atoms with E-state index >= 15 is 0 Å². The zero-order chi connectivity index (χ0) is 17.7. The Kier molecular flexibility index (Phi) is 9.03. The van der Waals surface area contributed by atoms with Crippen LogP contribution in [0.2, 0.25) is 0 Å². The molecule has 2 rings (SSSR count). The van der Waals surface area contributed by atoms with Crippen molar-refractivity contribution in [2.75, 3.05) is 59.7 Å². The molecule has 1 aromatic rings. The van der Waals surface area contributed by atoms with Gasteiger partial charge in [-0.1, -0.05) is 6.07 Å². The Balaban J connectivity index is 1.69. The molecule has 0 amide bonds. The Morgan fingerprint density at radius 1 is 1.40 bits per heavy atom. The van der Waals surface area contributed by atoms with Crippen molar-refractivity contribution in [3.8, 4) is 5.88 Å². The third-order valence-electron chi connectivity index (χ3n) is 3.86. The van der Waals surface area contributed by atoms with Gasteiger partial charge in [0.15, 0.2) is 5.96 Å². The number of nitrogens with one attached hydrogen (secondary N) is 1. The Morgan fingerprint density at radius 3 is 3.04 bits per heavy atom. The van der Waals surface area contributed by atoms with Crippen LogP contribution in [0.5, 0.6) is 5.88 Å². The summed E-state index contributed by atoms with van der Waals surface area (Å²) in [6, 6.07) is 3.80. The second-order valence-corrected chi connectivity index (χ2v) is 5.74. The minimum Gasteiger partial charge on any atom is -0.475 e. The van der Waals surface area contributed by atoms with E-state index < -0.39 is 0 Å². The molecule has 1 aliphatic heterocycles. The summed E-state index contributed by atoms with van der Waals surface area (Å²) >= 11 is 0. The van der Waals surface area contributed by atoms with E-state index in [0.29, 0.717) is 31.6 Å². The van der Waals surface area contributed by atoms with Crippen molar-refractivity contribution < 1.29 is 14.2 Å². The van der Waals surface area contributed by atoms with E-state index in [0.717, 1.165) is 51.4 Å². The Bertz CT molecular complexity index is 521. The Labute approximate surface area is 149 Å². The molecule has 1 aromatic heterocycles. The third kappa shape index (κ3) is 7.68. The fraction of sp³-hybridized carbons (Fsp3) is 0.647. The molecule has 8 nitrogen and oxygen atoms in total. The largest absolute Gasteiger partial charge is 0.475 e. The first-order valence-corrected chi connectivity index (χ1v) is 8.69. The number of morpholine rings is 1. The number of aromatic nitrogens is 1. The van der Waals surface area contributed by atoms with E-state index in [1.165, 1.54) is 0 Å². The maximum Gasteiger partial charge on any atom is 0.218 e. The highest BCUT2D eigenvalue weighted by Gasteiger charge is 2.09. The number of rotatable bonds is 10. The van der Waals surface area contributed by atoms with Crippen molar-refractivity contribution >= 4 is 5.96 Å². The fourth-order valence-corrected chi connectivity index (χ4v) is 2.47. The van der Waals surface area contributed by atoms with Crippen molar-refractivity contribution in [2.24, 2.45) is 10.7 Å². The monoisotopic (exact) mass is 351 g/mol. The van der Waals surface area contributed by atoms with E-state index in [1.807, 2.05) is 12.1 Å². The lowest BCUT2D eigenvalue weighted by Gasteiger charge is -2.26. The van der Waals surface area contributed by atoms with E-state index in [9.17, 15) is 0 Å². The van der Waals surface area contributed by atoms with Crippen LogP contribution in [0, 0.1) is 0 Å². The molecule has 1 fully saturated rings. The standard InChI is InChI=1S/C17H29N5O3/c1-23-12-13-25-16-15(4-2-5-19-16)14-21-17(18)20-6-3-7-22-8-10-24-11-9-22/h2,4-5H,3,6-14H2,1H3,(H3,18,20,21). The molecule has 0 bridgehead atoms. The molecule has 1 saturated heterocycles. The van der Waals surface area contributed by atoms with Crippen LogP contribution in [0.25, 0.3) is 0 Å². The van der Waals surface area contributed by atoms with Crippen LogP contribution >= 0.6 is 0 Å². The van der Waals surface area contributed by atoms with Crippen molar-refractivity contribution in [1.82, 2.24) is 15.2 Å². The summed E-state index contributed by atoms with van der Waals surface area (Å²) in [5.41, 5.74) is 6.84. The summed E-state index contributed by atoms with van der Waals surface area (Å²) in [5, 5.41) is 3.15. The summed E-state index contributed by atoms with van der Waals surface area (Å²) in [6.07, 6.45) is 2.72. The van der Waals surface area contributed by atoms with Crippen molar-refractivity contribution in [2.45, 2.75) is 13.0 Å². The number of nitrogens with two attached hydrogens (primary N) is 1. The molecule has 0 aromatic carbocycles. The maximum absolute atomic E-state index is 5.94. The number of pyridine rings is 1. The van der Waals surface area contributed by atoms with Gasteiger partial charge in [0.25, 0.3) is 0 Å². The molecule has 0 spiro atoms. The number of methoxy groups -OCH3 is 1. The second kappa shape index (κ2) is 11.6. The lowest BCUT2D eigenvalue weighted by molar-refractivity contribution is 0.0376. The highest BCUT2D eigenvalue weighted by atomic mass is 16.5. The molecule has 1 aliphatic rings. The van der Waals surface area contributed by atoms with Crippen molar-refractivity contribution in [1.29, 1.82) is 0 Å². The molecule has 0 saturated carbocycles. The molecule has 0 unspecified atom stereocenters. The van der Waals surface area contributed by atoms with Gasteiger partial charge in [0.1, 0.15) is 6.61 Å². The number of nitrogens with zero attached hydrogens (tertiary/aromatic N) is 3. The van der Waals surface area contributed by atoms with Crippen LogP contribution < -0.4 is 15.8 Å². The normalized spacial score (nSPS) is 16.0. The van der Waals surface area contributed by atoms with Crippen LogP contribution in [0.4, 0.5) is 0 Å². The first-order valence-electron chi connectivity index (χ1n) is 8.69. The average molecular weight is 351 g/mol. The number of ether oxygens (including phenoxy) is 3. The van der Waals surface area contributed by atoms with Gasteiger partial charge in [0, 0.05) is 38.5 Å². The lowest BCUT2D eigenvalue weighted by atomic mass is 10.3. The molecular formula is C17H29N5O3. The molecule has 25 heavy (non-hydrogen) atoms. The number of aliphatic imine (C=N–C) groups is 1. The van der Waals surface area contributed by atoms with Crippen molar-refractivity contribution in [3.63, 3.8) is 0 Å². The predicted molar refractivity (Wildman–Crippen MR) is 96.8 cm³/mol. The zero-order valence-electron chi connectivity index (χ0n) is 14.9. The van der Waals surface area contributed by atoms with Gasteiger partial charge in [-0.3, -0.25) is 4.90 Å². The van der Waals surface area contributed by atoms with E-state index in [1.54, 1.807) is 13.3 Å². The SMILES string of the molecule is COCCOc1ncccc1CN=C(N)NCCCN1CCOCC1. The number of hydrogen-bond acceptors (Lipinski definition) is 6. The van der Waals surface area contributed by atoms with Gasteiger partial charge in [-0.05, 0) is 19.0 Å². The van der Waals surface area contributed by atoms with Crippen LogP contribution in [0.15, 0.2) is 23.3 Å². The smallest absolute Gasteiger partial charge is 0.218 e. The topological polar surface area (TPSA) is 94.2 Å². The van der Waals surface area contributed by atoms with Gasteiger partial charge >= 0.3 is 0 Å². The molecular weight excluding hydrogens is 322 g/mol. The third-order valence-corrected chi connectivity index (χ3v) is 3.86. The summed E-state index contributed by atoms with van der Waals surface area (Å²) in [4.78, 5) is 11.0. The summed E-state index contributed by atoms with van der Waals surface area (Å²) in [7, 11) is 1.64. The quantitative estimate of drug-likeness (QED) is 0.354.